The van der Waals surface area contributed by atoms with Crippen LogP contribution in [0.2, 0.25) is 0 Å². The maximum atomic E-state index is 5.30. The summed E-state index contributed by atoms with van der Waals surface area (Å²) in [6.07, 6.45) is 10.6. The molecule has 0 atom stereocenters. The normalized spacial score (nSPS) is 9.79. The largest absolute Gasteiger partial charge is 0.358 e. The number of aromatic amines is 1. The molecule has 1 aromatic heterocycles. The van der Waals surface area contributed by atoms with Crippen LogP contribution < -0.4 is 0 Å². The van der Waals surface area contributed by atoms with Gasteiger partial charge in [-0.2, -0.15) is 0 Å². The molecule has 1 aromatic carbocycles. The summed E-state index contributed by atoms with van der Waals surface area (Å²) in [7, 11) is 0. The Morgan fingerprint density at radius 1 is 1.16 bits per heavy atom. The van der Waals surface area contributed by atoms with E-state index in [2.05, 4.69) is 42.1 Å². The van der Waals surface area contributed by atoms with Crippen LogP contribution in [0.4, 0.5) is 0 Å². The van der Waals surface area contributed by atoms with Crippen molar-refractivity contribution >= 4 is 10.9 Å². The zero-order chi connectivity index (χ0) is 14.1. The molecule has 0 aliphatic carbocycles. The summed E-state index contributed by atoms with van der Waals surface area (Å²) >= 11 is 0. The molecule has 0 unspecified atom stereocenters. The number of terminal acetylenes is 1. The molecule has 0 aliphatic heterocycles. The van der Waals surface area contributed by atoms with Crippen molar-refractivity contribution in [2.24, 2.45) is 0 Å². The average Bonchev–Trinajstić information content (AvgIpc) is 2.80. The van der Waals surface area contributed by atoms with Crippen LogP contribution in [-0.4, -0.2) is 4.98 Å². The van der Waals surface area contributed by atoms with E-state index in [-0.39, 0.29) is 0 Å². The average molecular weight is 255 g/mol. The summed E-state index contributed by atoms with van der Waals surface area (Å²) in [6, 6.07) is 8.56. The number of H-pyrrole nitrogens is 1. The highest BCUT2D eigenvalue weighted by Gasteiger charge is 2.09. The van der Waals surface area contributed by atoms with Crippen LogP contribution in [0.3, 0.4) is 0 Å². The second-order valence-electron chi connectivity index (χ2n) is 4.44. The van der Waals surface area contributed by atoms with Gasteiger partial charge in [-0.1, -0.05) is 45.4 Å². The molecule has 0 spiro atoms. The quantitative estimate of drug-likeness (QED) is 0.565. The highest BCUT2D eigenvalue weighted by atomic mass is 14.7. The number of para-hydroxylation sites is 1. The molecule has 0 bridgehead atoms. The fourth-order valence-corrected chi connectivity index (χ4v) is 2.37. The summed E-state index contributed by atoms with van der Waals surface area (Å²) in [6.45, 7) is 6.23. The monoisotopic (exact) mass is 255 g/mol. The van der Waals surface area contributed by atoms with E-state index < -0.39 is 0 Å². The van der Waals surface area contributed by atoms with Crippen molar-refractivity contribution in [3.8, 4) is 12.3 Å². The van der Waals surface area contributed by atoms with Gasteiger partial charge in [0.1, 0.15) is 0 Å². The van der Waals surface area contributed by atoms with Crippen molar-refractivity contribution in [3.05, 3.63) is 35.5 Å². The van der Waals surface area contributed by atoms with Crippen LogP contribution in [0.5, 0.6) is 0 Å². The number of nitrogens with one attached hydrogen (secondary N) is 1. The fourth-order valence-electron chi connectivity index (χ4n) is 2.37. The lowest BCUT2D eigenvalue weighted by Crippen LogP contribution is -1.92. The molecule has 2 aromatic rings. The highest BCUT2D eigenvalue weighted by Crippen LogP contribution is 2.24. The first kappa shape index (κ1) is 15.4. The van der Waals surface area contributed by atoms with E-state index in [1.165, 1.54) is 28.6 Å². The molecule has 1 nitrogen and oxygen atoms in total. The summed E-state index contributed by atoms with van der Waals surface area (Å²) in [5.41, 5.74) is 4.12. The van der Waals surface area contributed by atoms with Crippen LogP contribution >= 0.6 is 0 Å². The Balaban J connectivity index is 0.000000861. The van der Waals surface area contributed by atoms with Gasteiger partial charge in [-0.25, -0.2) is 0 Å². The van der Waals surface area contributed by atoms with Crippen molar-refractivity contribution in [1.29, 1.82) is 0 Å². The molecular formula is C18H25N. The van der Waals surface area contributed by atoms with E-state index in [1.807, 2.05) is 13.8 Å². The van der Waals surface area contributed by atoms with E-state index in [9.17, 15) is 0 Å². The lowest BCUT2D eigenvalue weighted by molar-refractivity contribution is 0.814. The molecule has 0 fully saturated rings. The molecule has 2 rings (SSSR count). The second-order valence-corrected chi connectivity index (χ2v) is 4.44. The number of aromatic nitrogens is 1. The van der Waals surface area contributed by atoms with Gasteiger partial charge in [-0.3, -0.25) is 0 Å². The second kappa shape index (κ2) is 8.43. The molecule has 102 valence electrons. The molecule has 0 aliphatic rings. The van der Waals surface area contributed by atoms with E-state index >= 15 is 0 Å². The molecule has 1 heteroatoms. The minimum absolute atomic E-state index is 0.862. The topological polar surface area (TPSA) is 15.8 Å². The summed E-state index contributed by atoms with van der Waals surface area (Å²) in [4.78, 5) is 3.54. The zero-order valence-corrected chi connectivity index (χ0v) is 12.4. The minimum atomic E-state index is 0.862. The van der Waals surface area contributed by atoms with Crippen molar-refractivity contribution in [3.63, 3.8) is 0 Å². The lowest BCUT2D eigenvalue weighted by atomic mass is 10.0. The number of fused-ring (bicyclic) bond motifs is 1. The Kier molecular flexibility index (Phi) is 6.82. The maximum absolute atomic E-state index is 5.30. The fraction of sp³-hybridized carbons (Fsp3) is 0.444. The Morgan fingerprint density at radius 2 is 1.89 bits per heavy atom. The minimum Gasteiger partial charge on any atom is -0.358 e. The third-order valence-electron chi connectivity index (χ3n) is 3.15. The van der Waals surface area contributed by atoms with E-state index in [4.69, 9.17) is 6.42 Å². The van der Waals surface area contributed by atoms with Crippen molar-refractivity contribution < 1.29 is 0 Å². The Labute approximate surface area is 117 Å². The van der Waals surface area contributed by atoms with Crippen LogP contribution in [0.1, 0.15) is 51.3 Å². The van der Waals surface area contributed by atoms with Crippen LogP contribution in [0, 0.1) is 12.3 Å². The van der Waals surface area contributed by atoms with Gasteiger partial charge in [-0.05, 0) is 30.9 Å². The molecule has 0 amide bonds. The van der Waals surface area contributed by atoms with E-state index in [0.29, 0.717) is 0 Å². The van der Waals surface area contributed by atoms with Crippen LogP contribution in [-0.2, 0) is 12.8 Å². The molecule has 1 heterocycles. The molecule has 19 heavy (non-hydrogen) atoms. The third kappa shape index (κ3) is 3.89. The first-order chi connectivity index (χ1) is 9.36. The number of hydrogen-bond acceptors (Lipinski definition) is 0. The van der Waals surface area contributed by atoms with Gasteiger partial charge in [0, 0.05) is 23.0 Å². The SMILES string of the molecule is C#CCCCc1[nH]c2ccccc2c1CCC.CC. The van der Waals surface area contributed by atoms with E-state index in [1.54, 1.807) is 0 Å². The van der Waals surface area contributed by atoms with Crippen molar-refractivity contribution in [2.75, 3.05) is 0 Å². The summed E-state index contributed by atoms with van der Waals surface area (Å²) < 4.78 is 0. The van der Waals surface area contributed by atoms with Gasteiger partial charge >= 0.3 is 0 Å². The predicted octanol–water partition coefficient (Wildman–Crippen LogP) is 5.10. The van der Waals surface area contributed by atoms with Gasteiger partial charge in [0.25, 0.3) is 0 Å². The molecular weight excluding hydrogens is 230 g/mol. The first-order valence-electron chi connectivity index (χ1n) is 7.38. The standard InChI is InChI=1S/C16H19N.C2H6/c1-3-5-6-11-15-13(9-4-2)14-10-7-8-12-16(14)17-15;1-2/h1,7-8,10,12,17H,4-6,9,11H2,2H3;1-2H3. The molecule has 0 saturated heterocycles. The van der Waals surface area contributed by atoms with Gasteiger partial charge in [0.15, 0.2) is 0 Å². The Hall–Kier alpha value is -1.68. The number of rotatable bonds is 5. The van der Waals surface area contributed by atoms with Gasteiger partial charge in [0.05, 0.1) is 0 Å². The van der Waals surface area contributed by atoms with Crippen molar-refractivity contribution in [2.45, 2.75) is 52.9 Å². The molecule has 1 N–H and O–H groups in total. The van der Waals surface area contributed by atoms with E-state index in [0.717, 1.165) is 25.7 Å². The predicted molar refractivity (Wildman–Crippen MR) is 85.4 cm³/mol. The zero-order valence-electron chi connectivity index (χ0n) is 12.4. The maximum Gasteiger partial charge on any atom is 0.0458 e. The van der Waals surface area contributed by atoms with Gasteiger partial charge in [0.2, 0.25) is 0 Å². The summed E-state index contributed by atoms with van der Waals surface area (Å²) in [5, 5.41) is 1.38. The van der Waals surface area contributed by atoms with Crippen LogP contribution in [0.25, 0.3) is 10.9 Å². The number of hydrogen-bond donors (Lipinski definition) is 1. The van der Waals surface area contributed by atoms with Gasteiger partial charge < -0.3 is 4.98 Å². The Bertz CT molecular complexity index is 528. The third-order valence-corrected chi connectivity index (χ3v) is 3.15. The smallest absolute Gasteiger partial charge is 0.0458 e. The lowest BCUT2D eigenvalue weighted by Gasteiger charge is -2.02. The first-order valence-corrected chi connectivity index (χ1v) is 7.38. The number of unbranched alkanes of at least 4 members (excludes halogenated alkanes) is 1. The van der Waals surface area contributed by atoms with Crippen LogP contribution in [0.15, 0.2) is 24.3 Å². The number of benzene rings is 1. The number of aryl methyl sites for hydroxylation is 2. The molecule has 0 saturated carbocycles. The summed E-state index contributed by atoms with van der Waals surface area (Å²) in [5.74, 6) is 2.71. The Morgan fingerprint density at radius 3 is 2.58 bits per heavy atom. The van der Waals surface area contributed by atoms with Gasteiger partial charge in [-0.15, -0.1) is 12.3 Å². The van der Waals surface area contributed by atoms with Crippen molar-refractivity contribution in [1.82, 2.24) is 4.98 Å². The molecule has 0 radical (unpaired) electrons. The highest BCUT2D eigenvalue weighted by molar-refractivity contribution is 5.84.